The molecule has 0 radical (unpaired) electrons. The zero-order valence-corrected chi connectivity index (χ0v) is 17.3. The van der Waals surface area contributed by atoms with E-state index in [0.29, 0.717) is 17.9 Å². The molecule has 0 aliphatic carbocycles. The van der Waals surface area contributed by atoms with Gasteiger partial charge in [-0.05, 0) is 63.0 Å². The van der Waals surface area contributed by atoms with Crippen molar-refractivity contribution >= 4 is 15.9 Å². The van der Waals surface area contributed by atoms with Gasteiger partial charge in [0.25, 0.3) is 0 Å². The lowest BCUT2D eigenvalue weighted by Gasteiger charge is -2.10. The van der Waals surface area contributed by atoms with Crippen LogP contribution in [-0.4, -0.2) is 0 Å². The summed E-state index contributed by atoms with van der Waals surface area (Å²) in [7, 11) is 0. The minimum Gasteiger partial charge on any atom is -0.489 e. The summed E-state index contributed by atoms with van der Waals surface area (Å²) in [4.78, 5) is 0. The SMILES string of the molecule is Fc1cc(-c2ccc(OCc3ccccc3)cc2)ccc1-c1ccc(Br)c(F)c1F. The predicted molar refractivity (Wildman–Crippen MR) is 116 cm³/mol. The van der Waals surface area contributed by atoms with Gasteiger partial charge in [-0.25, -0.2) is 13.2 Å². The van der Waals surface area contributed by atoms with E-state index >= 15 is 0 Å². The monoisotopic (exact) mass is 468 g/mol. The van der Waals surface area contributed by atoms with Crippen LogP contribution >= 0.6 is 15.9 Å². The minimum atomic E-state index is -1.09. The number of benzene rings is 4. The van der Waals surface area contributed by atoms with E-state index in [0.717, 1.165) is 11.1 Å². The van der Waals surface area contributed by atoms with E-state index in [1.807, 2.05) is 54.6 Å². The van der Waals surface area contributed by atoms with Crippen LogP contribution in [0.5, 0.6) is 5.75 Å². The molecule has 0 saturated carbocycles. The second-order valence-corrected chi connectivity index (χ2v) is 7.57. The fourth-order valence-corrected chi connectivity index (χ4v) is 3.44. The molecular formula is C25H16BrF3O. The van der Waals surface area contributed by atoms with Crippen molar-refractivity contribution in [2.75, 3.05) is 0 Å². The highest BCUT2D eigenvalue weighted by Crippen LogP contribution is 2.33. The third-order valence-electron chi connectivity index (χ3n) is 4.73. The van der Waals surface area contributed by atoms with Gasteiger partial charge in [0.1, 0.15) is 18.2 Å². The van der Waals surface area contributed by atoms with Gasteiger partial charge in [0, 0.05) is 11.1 Å². The molecule has 0 N–H and O–H groups in total. The number of ether oxygens (including phenoxy) is 1. The lowest BCUT2D eigenvalue weighted by atomic mass is 9.99. The number of hydrogen-bond acceptors (Lipinski definition) is 1. The fraction of sp³-hybridized carbons (Fsp3) is 0.0400. The van der Waals surface area contributed by atoms with Crippen molar-refractivity contribution in [3.63, 3.8) is 0 Å². The van der Waals surface area contributed by atoms with Crippen molar-refractivity contribution in [2.24, 2.45) is 0 Å². The third kappa shape index (κ3) is 4.26. The van der Waals surface area contributed by atoms with Crippen molar-refractivity contribution in [3.8, 4) is 28.0 Å². The molecule has 0 aliphatic rings. The molecule has 0 atom stereocenters. The molecule has 4 aromatic carbocycles. The molecule has 1 nitrogen and oxygen atoms in total. The Labute approximate surface area is 180 Å². The summed E-state index contributed by atoms with van der Waals surface area (Å²) >= 11 is 2.92. The molecular weight excluding hydrogens is 453 g/mol. The van der Waals surface area contributed by atoms with Crippen LogP contribution in [0.1, 0.15) is 5.56 Å². The van der Waals surface area contributed by atoms with Crippen LogP contribution in [0.4, 0.5) is 13.2 Å². The van der Waals surface area contributed by atoms with E-state index in [1.165, 1.54) is 24.3 Å². The highest BCUT2D eigenvalue weighted by molar-refractivity contribution is 9.10. The van der Waals surface area contributed by atoms with E-state index < -0.39 is 17.5 Å². The van der Waals surface area contributed by atoms with Crippen LogP contribution in [0.3, 0.4) is 0 Å². The Kier molecular flexibility index (Phi) is 5.91. The molecule has 30 heavy (non-hydrogen) atoms. The van der Waals surface area contributed by atoms with E-state index in [2.05, 4.69) is 15.9 Å². The molecule has 0 unspecified atom stereocenters. The first-order chi connectivity index (χ1) is 14.5. The van der Waals surface area contributed by atoms with Gasteiger partial charge in [-0.1, -0.05) is 54.6 Å². The van der Waals surface area contributed by atoms with Gasteiger partial charge < -0.3 is 4.74 Å². The van der Waals surface area contributed by atoms with E-state index in [1.54, 1.807) is 6.07 Å². The minimum absolute atomic E-state index is 0.00430. The molecule has 5 heteroatoms. The Morgan fingerprint density at radius 3 is 2.03 bits per heavy atom. The average molecular weight is 469 g/mol. The van der Waals surface area contributed by atoms with Gasteiger partial charge in [0.2, 0.25) is 0 Å². The van der Waals surface area contributed by atoms with Crippen LogP contribution in [0.15, 0.2) is 89.4 Å². The first-order valence-corrected chi connectivity index (χ1v) is 10.0. The molecule has 0 aromatic heterocycles. The Morgan fingerprint density at radius 1 is 0.667 bits per heavy atom. The first kappa shape index (κ1) is 20.2. The van der Waals surface area contributed by atoms with Crippen LogP contribution in [-0.2, 0) is 6.61 Å². The Hall–Kier alpha value is -3.05. The molecule has 0 aliphatic heterocycles. The maximum atomic E-state index is 14.7. The van der Waals surface area contributed by atoms with E-state index in [4.69, 9.17) is 4.74 Å². The summed E-state index contributed by atoms with van der Waals surface area (Å²) in [6, 6.07) is 24.3. The third-order valence-corrected chi connectivity index (χ3v) is 5.34. The normalized spacial score (nSPS) is 10.8. The largest absolute Gasteiger partial charge is 0.489 e. The molecule has 0 fully saturated rings. The predicted octanol–water partition coefficient (Wildman–Crippen LogP) is 7.78. The standard InChI is InChI=1S/C25H16BrF3O/c26-22-13-12-21(24(28)25(22)29)20-11-8-18(14-23(20)27)17-6-9-19(10-7-17)30-15-16-4-2-1-3-5-16/h1-14H,15H2. The van der Waals surface area contributed by atoms with Crippen LogP contribution in [0.25, 0.3) is 22.3 Å². The number of halogens is 4. The summed E-state index contributed by atoms with van der Waals surface area (Å²) in [5, 5.41) is 0. The Balaban J connectivity index is 1.54. The van der Waals surface area contributed by atoms with Crippen LogP contribution in [0.2, 0.25) is 0 Å². The van der Waals surface area contributed by atoms with Crippen molar-refractivity contribution < 1.29 is 17.9 Å². The zero-order valence-electron chi connectivity index (χ0n) is 15.7. The summed E-state index contributed by atoms with van der Waals surface area (Å²) in [5.41, 5.74) is 2.37. The molecule has 0 spiro atoms. The van der Waals surface area contributed by atoms with Crippen molar-refractivity contribution in [3.05, 3.63) is 112 Å². The summed E-state index contributed by atoms with van der Waals surface area (Å²) in [5.74, 6) is -2.05. The lowest BCUT2D eigenvalue weighted by molar-refractivity contribution is 0.306. The van der Waals surface area contributed by atoms with Gasteiger partial charge in [0.05, 0.1) is 4.47 Å². The number of rotatable bonds is 5. The smallest absolute Gasteiger partial charge is 0.173 e. The second kappa shape index (κ2) is 8.76. The molecule has 4 aromatic rings. The molecule has 0 amide bonds. The molecule has 0 saturated heterocycles. The summed E-state index contributed by atoms with van der Waals surface area (Å²) in [6.07, 6.45) is 0. The molecule has 0 heterocycles. The van der Waals surface area contributed by atoms with Gasteiger partial charge in [-0.2, -0.15) is 0 Å². The molecule has 4 rings (SSSR count). The van der Waals surface area contributed by atoms with Gasteiger partial charge in [-0.3, -0.25) is 0 Å². The van der Waals surface area contributed by atoms with E-state index in [9.17, 15) is 13.2 Å². The van der Waals surface area contributed by atoms with Gasteiger partial charge in [0.15, 0.2) is 11.6 Å². The quantitative estimate of drug-likeness (QED) is 0.271. The maximum Gasteiger partial charge on any atom is 0.173 e. The Morgan fingerprint density at radius 2 is 1.33 bits per heavy atom. The van der Waals surface area contributed by atoms with Crippen molar-refractivity contribution in [2.45, 2.75) is 6.61 Å². The first-order valence-electron chi connectivity index (χ1n) is 9.23. The van der Waals surface area contributed by atoms with Gasteiger partial charge >= 0.3 is 0 Å². The second-order valence-electron chi connectivity index (χ2n) is 6.72. The fourth-order valence-electron chi connectivity index (χ4n) is 3.13. The average Bonchev–Trinajstić information content (AvgIpc) is 2.78. The molecule has 0 bridgehead atoms. The highest BCUT2D eigenvalue weighted by atomic mass is 79.9. The van der Waals surface area contributed by atoms with Crippen molar-refractivity contribution in [1.29, 1.82) is 0 Å². The van der Waals surface area contributed by atoms with E-state index in [-0.39, 0.29) is 15.6 Å². The summed E-state index contributed by atoms with van der Waals surface area (Å²) < 4.78 is 48.5. The van der Waals surface area contributed by atoms with Crippen LogP contribution in [0, 0.1) is 17.5 Å². The summed E-state index contributed by atoms with van der Waals surface area (Å²) in [6.45, 7) is 0.457. The zero-order chi connectivity index (χ0) is 21.1. The van der Waals surface area contributed by atoms with Crippen LogP contribution < -0.4 is 4.74 Å². The Bertz CT molecular complexity index is 1180. The van der Waals surface area contributed by atoms with Crippen molar-refractivity contribution in [1.82, 2.24) is 0 Å². The topological polar surface area (TPSA) is 9.23 Å². The maximum absolute atomic E-state index is 14.7. The number of hydrogen-bond donors (Lipinski definition) is 0. The lowest BCUT2D eigenvalue weighted by Crippen LogP contribution is -1.95. The molecule has 150 valence electrons. The van der Waals surface area contributed by atoms with Gasteiger partial charge in [-0.15, -0.1) is 0 Å². The highest BCUT2D eigenvalue weighted by Gasteiger charge is 2.16.